The Morgan fingerprint density at radius 1 is 0.778 bits per heavy atom. The molecule has 3 rings (SSSR count). The number of hydrogen-bond donors (Lipinski definition) is 0. The second kappa shape index (κ2) is 5.23. The molecule has 2 aromatic carbocycles. The summed E-state index contributed by atoms with van der Waals surface area (Å²) >= 11 is 1.85. The molecule has 0 spiro atoms. The summed E-state index contributed by atoms with van der Waals surface area (Å²) in [5.74, 6) is 0.945. The van der Waals surface area contributed by atoms with Crippen LogP contribution in [0.3, 0.4) is 0 Å². The fourth-order valence-electron chi connectivity index (χ4n) is 1.99. The van der Waals surface area contributed by atoms with Gasteiger partial charge in [-0.3, -0.25) is 4.99 Å². The first-order chi connectivity index (χ1) is 8.95. The maximum Gasteiger partial charge on any atom is 0.0840 e. The zero-order valence-electron chi connectivity index (χ0n) is 9.91. The van der Waals surface area contributed by atoms with Crippen LogP contribution in [0.25, 0.3) is 10.6 Å². The van der Waals surface area contributed by atoms with E-state index in [1.807, 2.05) is 30.1 Å². The summed E-state index contributed by atoms with van der Waals surface area (Å²) in [6, 6.07) is 20.9. The minimum atomic E-state index is 0.945. The van der Waals surface area contributed by atoms with Gasteiger partial charge in [0.05, 0.1) is 5.70 Å². The Morgan fingerprint density at radius 3 is 2.06 bits per heavy atom. The van der Waals surface area contributed by atoms with Crippen molar-refractivity contribution >= 4 is 28.6 Å². The molecule has 0 fully saturated rings. The van der Waals surface area contributed by atoms with Crippen molar-refractivity contribution in [3.63, 3.8) is 0 Å². The van der Waals surface area contributed by atoms with Gasteiger partial charge in [-0.15, -0.1) is 11.8 Å². The molecule has 88 valence electrons. The average molecular weight is 251 g/mol. The van der Waals surface area contributed by atoms with Gasteiger partial charge in [0, 0.05) is 22.4 Å². The van der Waals surface area contributed by atoms with Crippen molar-refractivity contribution < 1.29 is 0 Å². The maximum atomic E-state index is 4.59. The lowest BCUT2D eigenvalue weighted by atomic mass is 10.1. The van der Waals surface area contributed by atoms with Crippen molar-refractivity contribution in [2.45, 2.75) is 0 Å². The molecule has 0 aliphatic carbocycles. The smallest absolute Gasteiger partial charge is 0.0840 e. The van der Waals surface area contributed by atoms with E-state index >= 15 is 0 Å². The molecule has 0 N–H and O–H groups in total. The third-order valence-electron chi connectivity index (χ3n) is 2.82. The second-order valence-electron chi connectivity index (χ2n) is 4.03. The third-order valence-corrected chi connectivity index (χ3v) is 3.85. The van der Waals surface area contributed by atoms with E-state index in [2.05, 4.69) is 53.5 Å². The summed E-state index contributed by atoms with van der Waals surface area (Å²) in [5.41, 5.74) is 3.51. The molecule has 0 bridgehead atoms. The van der Waals surface area contributed by atoms with Gasteiger partial charge < -0.3 is 0 Å². The largest absolute Gasteiger partial charge is 0.259 e. The highest BCUT2D eigenvalue weighted by atomic mass is 32.2. The van der Waals surface area contributed by atoms with Gasteiger partial charge in [-0.1, -0.05) is 60.7 Å². The monoisotopic (exact) mass is 251 g/mol. The van der Waals surface area contributed by atoms with Crippen LogP contribution in [0, 0.1) is 0 Å². The molecular weight excluding hydrogens is 238 g/mol. The Morgan fingerprint density at radius 2 is 1.39 bits per heavy atom. The quantitative estimate of drug-likeness (QED) is 0.774. The third kappa shape index (κ3) is 2.24. The number of thioether (sulfide) groups is 1. The molecular formula is C16H13NS. The van der Waals surface area contributed by atoms with Gasteiger partial charge in [-0.2, -0.15) is 0 Å². The van der Waals surface area contributed by atoms with Gasteiger partial charge in [0.15, 0.2) is 0 Å². The van der Waals surface area contributed by atoms with Crippen LogP contribution >= 0.6 is 11.8 Å². The van der Waals surface area contributed by atoms with E-state index in [0.29, 0.717) is 0 Å². The molecule has 0 saturated heterocycles. The fourth-order valence-corrected chi connectivity index (χ4v) is 2.91. The molecule has 1 aliphatic rings. The van der Waals surface area contributed by atoms with Crippen LogP contribution in [0.1, 0.15) is 11.1 Å². The number of aliphatic imine (C=N–C) groups is 1. The first-order valence-corrected chi connectivity index (χ1v) is 6.94. The Balaban J connectivity index is 2.13. The van der Waals surface area contributed by atoms with Crippen LogP contribution in [-0.4, -0.2) is 12.0 Å². The molecule has 0 atom stereocenters. The Labute approximate surface area is 111 Å². The molecule has 0 radical (unpaired) electrons. The van der Waals surface area contributed by atoms with Gasteiger partial charge in [0.2, 0.25) is 0 Å². The van der Waals surface area contributed by atoms with Crippen molar-refractivity contribution in [2.24, 2.45) is 4.99 Å². The van der Waals surface area contributed by atoms with Gasteiger partial charge >= 0.3 is 0 Å². The van der Waals surface area contributed by atoms with E-state index < -0.39 is 0 Å². The number of rotatable bonds is 2. The number of hydrogen-bond acceptors (Lipinski definition) is 2. The summed E-state index contributed by atoms with van der Waals surface area (Å²) in [4.78, 5) is 5.86. The SMILES string of the molecule is C1=NC(c2ccccc2)=C(c2ccccc2)SC1. The average Bonchev–Trinajstić information content (AvgIpc) is 2.49. The minimum Gasteiger partial charge on any atom is -0.259 e. The van der Waals surface area contributed by atoms with Crippen LogP contribution < -0.4 is 0 Å². The predicted molar refractivity (Wildman–Crippen MR) is 80.6 cm³/mol. The van der Waals surface area contributed by atoms with Crippen LogP contribution in [0.15, 0.2) is 65.7 Å². The first-order valence-electron chi connectivity index (χ1n) is 5.95. The predicted octanol–water partition coefficient (Wildman–Crippen LogP) is 4.33. The molecule has 1 aliphatic heterocycles. The highest BCUT2D eigenvalue weighted by molar-refractivity contribution is 8.09. The molecule has 0 unspecified atom stereocenters. The van der Waals surface area contributed by atoms with Crippen molar-refractivity contribution in [3.8, 4) is 0 Å². The molecule has 1 nitrogen and oxygen atoms in total. The van der Waals surface area contributed by atoms with Gasteiger partial charge in [0.25, 0.3) is 0 Å². The highest BCUT2D eigenvalue weighted by Gasteiger charge is 2.13. The van der Waals surface area contributed by atoms with Crippen molar-refractivity contribution in [2.75, 3.05) is 5.75 Å². The lowest BCUT2D eigenvalue weighted by molar-refractivity contribution is 1.50. The van der Waals surface area contributed by atoms with E-state index in [1.54, 1.807) is 0 Å². The summed E-state index contributed by atoms with van der Waals surface area (Å²) in [6.45, 7) is 0. The maximum absolute atomic E-state index is 4.59. The van der Waals surface area contributed by atoms with Crippen LogP contribution in [0.4, 0.5) is 0 Å². The Hall–Kier alpha value is -1.80. The van der Waals surface area contributed by atoms with E-state index in [-0.39, 0.29) is 0 Å². The Kier molecular flexibility index (Phi) is 3.29. The van der Waals surface area contributed by atoms with E-state index in [4.69, 9.17) is 0 Å². The van der Waals surface area contributed by atoms with Crippen LogP contribution in [-0.2, 0) is 0 Å². The van der Waals surface area contributed by atoms with E-state index in [0.717, 1.165) is 11.4 Å². The van der Waals surface area contributed by atoms with Crippen LogP contribution in [0.5, 0.6) is 0 Å². The topological polar surface area (TPSA) is 12.4 Å². The molecule has 1 heterocycles. The summed E-state index contributed by atoms with van der Waals surface area (Å²) in [5, 5.41) is 0. The lowest BCUT2D eigenvalue weighted by Gasteiger charge is -2.15. The molecule has 0 aromatic heterocycles. The van der Waals surface area contributed by atoms with Crippen molar-refractivity contribution in [3.05, 3.63) is 71.8 Å². The van der Waals surface area contributed by atoms with Crippen molar-refractivity contribution in [1.29, 1.82) is 0 Å². The molecule has 18 heavy (non-hydrogen) atoms. The molecule has 0 saturated carbocycles. The minimum absolute atomic E-state index is 0.945. The van der Waals surface area contributed by atoms with Crippen LogP contribution in [0.2, 0.25) is 0 Å². The van der Waals surface area contributed by atoms with Gasteiger partial charge in [0.1, 0.15) is 0 Å². The lowest BCUT2D eigenvalue weighted by Crippen LogP contribution is -1.96. The van der Waals surface area contributed by atoms with Gasteiger partial charge in [-0.25, -0.2) is 0 Å². The fraction of sp³-hybridized carbons (Fsp3) is 0.0625. The molecule has 2 aromatic rings. The summed E-state index contributed by atoms with van der Waals surface area (Å²) in [7, 11) is 0. The molecule has 2 heteroatoms. The van der Waals surface area contributed by atoms with Crippen molar-refractivity contribution in [1.82, 2.24) is 0 Å². The number of nitrogens with zero attached hydrogens (tertiary/aromatic N) is 1. The van der Waals surface area contributed by atoms with Gasteiger partial charge in [-0.05, 0) is 5.56 Å². The standard InChI is InChI=1S/C16H13NS/c1-3-7-13(8-4-1)15-16(18-12-11-17-15)14-9-5-2-6-10-14/h1-11H,12H2. The van der Waals surface area contributed by atoms with E-state index in [9.17, 15) is 0 Å². The normalized spacial score (nSPS) is 14.9. The Bertz CT molecular complexity index is 585. The highest BCUT2D eigenvalue weighted by Crippen LogP contribution is 2.37. The van der Waals surface area contributed by atoms with E-state index in [1.165, 1.54) is 16.0 Å². The zero-order valence-corrected chi connectivity index (χ0v) is 10.7. The summed E-state index contributed by atoms with van der Waals surface area (Å²) < 4.78 is 0. The number of benzene rings is 2. The first kappa shape index (κ1) is 11.3. The summed E-state index contributed by atoms with van der Waals surface area (Å²) in [6.07, 6.45) is 1.99. The zero-order chi connectivity index (χ0) is 12.2. The molecule has 0 amide bonds. The second-order valence-corrected chi connectivity index (χ2v) is 5.06.